The third-order valence-electron chi connectivity index (χ3n) is 2.04. The van der Waals surface area contributed by atoms with Crippen LogP contribution in [0.1, 0.15) is 27.2 Å². The van der Waals surface area contributed by atoms with Crippen molar-refractivity contribution < 1.29 is 5.11 Å². The molecule has 1 unspecified atom stereocenters. The van der Waals surface area contributed by atoms with Crippen molar-refractivity contribution in [3.05, 3.63) is 12.7 Å². The molecule has 0 spiro atoms. The van der Waals surface area contributed by atoms with Gasteiger partial charge in [-0.3, -0.25) is 0 Å². The van der Waals surface area contributed by atoms with Crippen LogP contribution < -0.4 is 5.32 Å². The van der Waals surface area contributed by atoms with E-state index in [2.05, 4.69) is 32.7 Å². The van der Waals surface area contributed by atoms with E-state index in [4.69, 9.17) is 5.11 Å². The smallest absolute Gasteiger partial charge is 0.0436 e. The largest absolute Gasteiger partial charge is 0.396 e. The minimum absolute atomic E-state index is 0.173. The standard InChI is InChI=1S/C10H21NO/c1-5-9(2)11-8-10(3,4)6-7-12/h5,9,11-12H,1,6-8H2,2-4H3. The molecule has 0 aliphatic heterocycles. The predicted molar refractivity (Wildman–Crippen MR) is 53.1 cm³/mol. The molecule has 0 aromatic heterocycles. The Labute approximate surface area is 75.7 Å². The van der Waals surface area contributed by atoms with Crippen LogP contribution in [-0.4, -0.2) is 24.3 Å². The fraction of sp³-hybridized carbons (Fsp3) is 0.800. The Morgan fingerprint density at radius 1 is 1.58 bits per heavy atom. The lowest BCUT2D eigenvalue weighted by Gasteiger charge is -2.25. The number of hydrogen-bond donors (Lipinski definition) is 2. The summed E-state index contributed by atoms with van der Waals surface area (Å²) in [6.45, 7) is 11.2. The summed E-state index contributed by atoms with van der Waals surface area (Å²) in [5.41, 5.74) is 0.173. The van der Waals surface area contributed by atoms with Crippen molar-refractivity contribution in [1.82, 2.24) is 5.32 Å². The zero-order valence-electron chi connectivity index (χ0n) is 8.43. The lowest BCUT2D eigenvalue weighted by molar-refractivity contribution is 0.205. The van der Waals surface area contributed by atoms with Crippen LogP contribution in [0.5, 0.6) is 0 Å². The second kappa shape index (κ2) is 5.33. The fourth-order valence-corrected chi connectivity index (χ4v) is 0.912. The summed E-state index contributed by atoms with van der Waals surface area (Å²) in [5.74, 6) is 0. The molecular formula is C10H21NO. The lowest BCUT2D eigenvalue weighted by atomic mass is 9.89. The van der Waals surface area contributed by atoms with Gasteiger partial charge in [0.2, 0.25) is 0 Å². The number of aliphatic hydroxyl groups excluding tert-OH is 1. The molecule has 0 amide bonds. The maximum Gasteiger partial charge on any atom is 0.0436 e. The highest BCUT2D eigenvalue weighted by Gasteiger charge is 2.16. The first-order valence-corrected chi connectivity index (χ1v) is 4.48. The number of nitrogens with one attached hydrogen (secondary N) is 1. The number of hydrogen-bond acceptors (Lipinski definition) is 2. The molecule has 0 saturated heterocycles. The van der Waals surface area contributed by atoms with Crippen molar-refractivity contribution in [2.75, 3.05) is 13.2 Å². The van der Waals surface area contributed by atoms with Crippen molar-refractivity contribution in [2.24, 2.45) is 5.41 Å². The Morgan fingerprint density at radius 2 is 2.17 bits per heavy atom. The van der Waals surface area contributed by atoms with Crippen LogP contribution in [-0.2, 0) is 0 Å². The predicted octanol–water partition coefficient (Wildman–Crippen LogP) is 1.56. The van der Waals surface area contributed by atoms with Crippen molar-refractivity contribution in [3.8, 4) is 0 Å². The van der Waals surface area contributed by atoms with Crippen LogP contribution in [0.2, 0.25) is 0 Å². The molecule has 0 aromatic rings. The van der Waals surface area contributed by atoms with Crippen LogP contribution in [0.25, 0.3) is 0 Å². The summed E-state index contributed by atoms with van der Waals surface area (Å²) in [6.07, 6.45) is 2.72. The molecular weight excluding hydrogens is 150 g/mol. The minimum Gasteiger partial charge on any atom is -0.396 e. The quantitative estimate of drug-likeness (QED) is 0.594. The first kappa shape index (κ1) is 11.7. The van der Waals surface area contributed by atoms with Crippen LogP contribution in [0, 0.1) is 5.41 Å². The molecule has 72 valence electrons. The second-order valence-corrected chi connectivity index (χ2v) is 4.04. The van der Waals surface area contributed by atoms with Gasteiger partial charge in [-0.2, -0.15) is 0 Å². The SMILES string of the molecule is C=CC(C)NCC(C)(C)CCO. The highest BCUT2D eigenvalue weighted by molar-refractivity contribution is 4.83. The molecule has 0 aliphatic carbocycles. The average Bonchev–Trinajstić information content (AvgIpc) is 2.00. The molecule has 0 heterocycles. The number of aliphatic hydroxyl groups is 1. The van der Waals surface area contributed by atoms with Gasteiger partial charge < -0.3 is 10.4 Å². The lowest BCUT2D eigenvalue weighted by Crippen LogP contribution is -2.34. The molecule has 2 heteroatoms. The highest BCUT2D eigenvalue weighted by atomic mass is 16.3. The van der Waals surface area contributed by atoms with Gasteiger partial charge in [0.05, 0.1) is 0 Å². The molecule has 2 nitrogen and oxygen atoms in total. The number of rotatable bonds is 6. The van der Waals surface area contributed by atoms with Gasteiger partial charge >= 0.3 is 0 Å². The Balaban J connectivity index is 3.66. The van der Waals surface area contributed by atoms with Gasteiger partial charge in [0.15, 0.2) is 0 Å². The molecule has 0 rings (SSSR count). The summed E-state index contributed by atoms with van der Waals surface area (Å²) >= 11 is 0. The Morgan fingerprint density at radius 3 is 2.58 bits per heavy atom. The second-order valence-electron chi connectivity index (χ2n) is 4.04. The average molecular weight is 171 g/mol. The van der Waals surface area contributed by atoms with E-state index in [0.717, 1.165) is 13.0 Å². The molecule has 0 aromatic carbocycles. The molecule has 0 bridgehead atoms. The molecule has 1 atom stereocenters. The van der Waals surface area contributed by atoms with E-state index >= 15 is 0 Å². The van der Waals surface area contributed by atoms with Gasteiger partial charge in [-0.25, -0.2) is 0 Å². The van der Waals surface area contributed by atoms with E-state index in [1.165, 1.54) is 0 Å². The Bertz CT molecular complexity index is 132. The fourth-order valence-electron chi connectivity index (χ4n) is 0.912. The zero-order valence-corrected chi connectivity index (χ0v) is 8.43. The van der Waals surface area contributed by atoms with Crippen LogP contribution in [0.3, 0.4) is 0 Å². The summed E-state index contributed by atoms with van der Waals surface area (Å²) in [5, 5.41) is 12.1. The van der Waals surface area contributed by atoms with Gasteiger partial charge in [0.25, 0.3) is 0 Å². The summed E-state index contributed by atoms with van der Waals surface area (Å²) in [7, 11) is 0. The van der Waals surface area contributed by atoms with E-state index < -0.39 is 0 Å². The molecule has 2 N–H and O–H groups in total. The van der Waals surface area contributed by atoms with Gasteiger partial charge in [0.1, 0.15) is 0 Å². The van der Waals surface area contributed by atoms with Crippen molar-refractivity contribution in [3.63, 3.8) is 0 Å². The van der Waals surface area contributed by atoms with Crippen LogP contribution in [0.15, 0.2) is 12.7 Å². The van der Waals surface area contributed by atoms with Crippen LogP contribution >= 0.6 is 0 Å². The third-order valence-corrected chi connectivity index (χ3v) is 2.04. The molecule has 0 saturated carbocycles. The van der Waals surface area contributed by atoms with E-state index in [0.29, 0.717) is 6.04 Å². The monoisotopic (exact) mass is 171 g/mol. The zero-order chi connectivity index (χ0) is 9.61. The van der Waals surface area contributed by atoms with Crippen LogP contribution in [0.4, 0.5) is 0 Å². The Kier molecular flexibility index (Phi) is 5.18. The van der Waals surface area contributed by atoms with Gasteiger partial charge in [0, 0.05) is 19.2 Å². The first-order valence-electron chi connectivity index (χ1n) is 4.48. The molecule has 0 aliphatic rings. The van der Waals surface area contributed by atoms with E-state index in [9.17, 15) is 0 Å². The van der Waals surface area contributed by atoms with Gasteiger partial charge in [-0.1, -0.05) is 19.9 Å². The molecule has 0 radical (unpaired) electrons. The Hall–Kier alpha value is -0.340. The van der Waals surface area contributed by atoms with Gasteiger partial charge in [-0.05, 0) is 18.8 Å². The summed E-state index contributed by atoms with van der Waals surface area (Å²) in [4.78, 5) is 0. The molecule has 0 fully saturated rings. The highest BCUT2D eigenvalue weighted by Crippen LogP contribution is 2.18. The summed E-state index contributed by atoms with van der Waals surface area (Å²) in [6, 6.07) is 0.350. The van der Waals surface area contributed by atoms with E-state index in [1.54, 1.807) is 0 Å². The van der Waals surface area contributed by atoms with Crippen molar-refractivity contribution in [2.45, 2.75) is 33.2 Å². The van der Waals surface area contributed by atoms with Gasteiger partial charge in [-0.15, -0.1) is 6.58 Å². The normalized spacial score (nSPS) is 14.3. The van der Waals surface area contributed by atoms with E-state index in [1.807, 2.05) is 6.08 Å². The maximum absolute atomic E-state index is 8.78. The minimum atomic E-state index is 0.173. The first-order chi connectivity index (χ1) is 5.52. The third kappa shape index (κ3) is 5.33. The summed E-state index contributed by atoms with van der Waals surface area (Å²) < 4.78 is 0. The van der Waals surface area contributed by atoms with Crippen molar-refractivity contribution in [1.29, 1.82) is 0 Å². The van der Waals surface area contributed by atoms with E-state index in [-0.39, 0.29) is 12.0 Å². The maximum atomic E-state index is 8.78. The molecule has 12 heavy (non-hydrogen) atoms. The topological polar surface area (TPSA) is 32.3 Å². The van der Waals surface area contributed by atoms with Crippen molar-refractivity contribution >= 4 is 0 Å².